The topological polar surface area (TPSA) is 38.9 Å². The van der Waals surface area contributed by atoms with Crippen molar-refractivity contribution in [3.05, 3.63) is 45.4 Å². The zero-order chi connectivity index (χ0) is 13.8. The van der Waals surface area contributed by atoms with Crippen molar-refractivity contribution in [1.29, 1.82) is 0 Å². The van der Waals surface area contributed by atoms with E-state index in [-0.39, 0.29) is 5.41 Å². The second kappa shape index (κ2) is 4.22. The molecule has 0 saturated heterocycles. The van der Waals surface area contributed by atoms with Gasteiger partial charge in [0.05, 0.1) is 5.69 Å². The summed E-state index contributed by atoms with van der Waals surface area (Å²) in [5, 5.41) is 1.47. The molecule has 3 rings (SSSR count). The number of rotatable bonds is 2. The molecular weight excluding hydrogens is 276 g/mol. The average Bonchev–Trinajstić information content (AvgIpc) is 2.72. The van der Waals surface area contributed by atoms with Crippen molar-refractivity contribution in [1.82, 2.24) is 4.98 Å². The average molecular weight is 293 g/mol. The maximum absolute atomic E-state index is 6.11. The fourth-order valence-electron chi connectivity index (χ4n) is 3.19. The summed E-state index contributed by atoms with van der Waals surface area (Å²) in [7, 11) is 0. The minimum absolute atomic E-state index is 0.218. The summed E-state index contributed by atoms with van der Waals surface area (Å²) in [6, 6.07) is 8.16. The number of halogens is 1. The lowest BCUT2D eigenvalue weighted by molar-refractivity contribution is 0.598. The first-order valence-electron chi connectivity index (χ1n) is 6.39. The lowest BCUT2D eigenvalue weighted by atomic mass is 10.0. The second-order valence-electron chi connectivity index (χ2n) is 5.83. The summed E-state index contributed by atoms with van der Waals surface area (Å²) in [6.07, 6.45) is 0. The van der Waals surface area contributed by atoms with Crippen LogP contribution in [0.15, 0.2) is 24.3 Å². The predicted molar refractivity (Wildman–Crippen MR) is 82.0 cm³/mol. The molecule has 2 aromatic rings. The fraction of sp³-hybridized carbons (Fsp3) is 0.400. The van der Waals surface area contributed by atoms with Crippen LogP contribution in [0.5, 0.6) is 0 Å². The highest BCUT2D eigenvalue weighted by molar-refractivity contribution is 7.15. The molecule has 0 radical (unpaired) electrons. The van der Waals surface area contributed by atoms with Crippen molar-refractivity contribution >= 4 is 28.1 Å². The number of anilines is 1. The first-order chi connectivity index (χ1) is 8.91. The third-order valence-electron chi connectivity index (χ3n) is 4.18. The van der Waals surface area contributed by atoms with Crippen molar-refractivity contribution in [2.45, 2.75) is 32.6 Å². The molecule has 1 aliphatic rings. The summed E-state index contributed by atoms with van der Waals surface area (Å²) >= 11 is 7.68. The molecule has 19 heavy (non-hydrogen) atoms. The number of thiazole rings is 1. The van der Waals surface area contributed by atoms with Crippen molar-refractivity contribution in [2.75, 3.05) is 5.73 Å². The highest BCUT2D eigenvalue weighted by Crippen LogP contribution is 2.70. The van der Waals surface area contributed by atoms with Crippen LogP contribution in [0.3, 0.4) is 0 Å². The Morgan fingerprint density at radius 1 is 1.32 bits per heavy atom. The number of aromatic nitrogens is 1. The van der Waals surface area contributed by atoms with E-state index in [0.29, 0.717) is 17.0 Å². The molecule has 0 aliphatic heterocycles. The summed E-state index contributed by atoms with van der Waals surface area (Å²) in [4.78, 5) is 5.77. The van der Waals surface area contributed by atoms with E-state index in [9.17, 15) is 0 Å². The van der Waals surface area contributed by atoms with Crippen LogP contribution in [-0.4, -0.2) is 4.98 Å². The van der Waals surface area contributed by atoms with Gasteiger partial charge >= 0.3 is 0 Å². The lowest BCUT2D eigenvalue weighted by Crippen LogP contribution is -1.92. The smallest absolute Gasteiger partial charge is 0.180 e. The van der Waals surface area contributed by atoms with Gasteiger partial charge in [0.2, 0.25) is 0 Å². The van der Waals surface area contributed by atoms with E-state index in [1.807, 2.05) is 12.1 Å². The Balaban J connectivity index is 1.99. The van der Waals surface area contributed by atoms with Gasteiger partial charge in [0.1, 0.15) is 0 Å². The molecule has 2 unspecified atom stereocenters. The molecule has 100 valence electrons. The highest BCUT2D eigenvalue weighted by Gasteiger charge is 2.60. The molecule has 1 heterocycles. The van der Waals surface area contributed by atoms with Gasteiger partial charge in [-0.2, -0.15) is 0 Å². The van der Waals surface area contributed by atoms with Gasteiger partial charge < -0.3 is 5.73 Å². The number of benzene rings is 1. The molecule has 0 bridgehead atoms. The van der Waals surface area contributed by atoms with Crippen LogP contribution < -0.4 is 5.73 Å². The molecule has 1 fully saturated rings. The van der Waals surface area contributed by atoms with Crippen LogP contribution >= 0.6 is 22.9 Å². The van der Waals surface area contributed by atoms with Gasteiger partial charge in [0, 0.05) is 15.8 Å². The van der Waals surface area contributed by atoms with Gasteiger partial charge in [-0.3, -0.25) is 0 Å². The molecule has 4 heteroatoms. The van der Waals surface area contributed by atoms with E-state index >= 15 is 0 Å². The molecule has 0 amide bonds. The Morgan fingerprint density at radius 2 is 2.05 bits per heavy atom. The van der Waals surface area contributed by atoms with E-state index in [4.69, 9.17) is 17.3 Å². The first kappa shape index (κ1) is 12.9. The first-order valence-corrected chi connectivity index (χ1v) is 7.59. The molecule has 1 aliphatic carbocycles. The molecule has 0 spiro atoms. The number of aryl methyl sites for hydroxylation is 1. The number of hydrogen-bond donors (Lipinski definition) is 1. The zero-order valence-corrected chi connectivity index (χ0v) is 12.8. The molecule has 2 N–H and O–H groups in total. The van der Waals surface area contributed by atoms with Gasteiger partial charge in [0.25, 0.3) is 0 Å². The predicted octanol–water partition coefficient (Wildman–Crippen LogP) is 4.59. The van der Waals surface area contributed by atoms with Gasteiger partial charge in [-0.15, -0.1) is 11.3 Å². The molecular formula is C15H17ClN2S. The Hall–Kier alpha value is -1.06. The SMILES string of the molecule is Cc1sc(N)nc1C1C(c2cccc(Cl)c2)C1(C)C. The third-order valence-corrected chi connectivity index (χ3v) is 5.23. The number of nitrogens with two attached hydrogens (primary N) is 1. The van der Waals surface area contributed by atoms with Crippen LogP contribution in [-0.2, 0) is 0 Å². The van der Waals surface area contributed by atoms with Gasteiger partial charge in [-0.25, -0.2) is 4.98 Å². The van der Waals surface area contributed by atoms with Crippen LogP contribution in [0.4, 0.5) is 5.13 Å². The van der Waals surface area contributed by atoms with Crippen molar-refractivity contribution in [2.24, 2.45) is 5.41 Å². The number of nitrogen functional groups attached to an aromatic ring is 1. The summed E-state index contributed by atoms with van der Waals surface area (Å²) in [5.41, 5.74) is 8.51. The summed E-state index contributed by atoms with van der Waals surface area (Å²) in [5.74, 6) is 0.922. The van der Waals surface area contributed by atoms with E-state index < -0.39 is 0 Å². The van der Waals surface area contributed by atoms with Gasteiger partial charge in [-0.1, -0.05) is 37.6 Å². The second-order valence-corrected chi connectivity index (χ2v) is 7.50. The van der Waals surface area contributed by atoms with E-state index in [1.54, 1.807) is 11.3 Å². The Bertz CT molecular complexity index is 633. The van der Waals surface area contributed by atoms with Crippen LogP contribution in [0.25, 0.3) is 0 Å². The number of nitrogens with zero attached hydrogens (tertiary/aromatic N) is 1. The number of hydrogen-bond acceptors (Lipinski definition) is 3. The Morgan fingerprint density at radius 3 is 2.63 bits per heavy atom. The van der Waals surface area contributed by atoms with Gasteiger partial charge in [0.15, 0.2) is 5.13 Å². The van der Waals surface area contributed by atoms with E-state index in [0.717, 1.165) is 10.7 Å². The van der Waals surface area contributed by atoms with Crippen LogP contribution in [0.1, 0.15) is 41.8 Å². The molecule has 1 aromatic heterocycles. The van der Waals surface area contributed by atoms with Crippen LogP contribution in [0, 0.1) is 12.3 Å². The Labute approximate surface area is 122 Å². The van der Waals surface area contributed by atoms with Crippen molar-refractivity contribution in [3.63, 3.8) is 0 Å². The maximum atomic E-state index is 6.11. The lowest BCUT2D eigenvalue weighted by Gasteiger charge is -2.02. The molecule has 1 aromatic carbocycles. The highest BCUT2D eigenvalue weighted by atomic mass is 35.5. The van der Waals surface area contributed by atoms with E-state index in [1.165, 1.54) is 10.4 Å². The fourth-order valence-corrected chi connectivity index (χ4v) is 4.12. The monoisotopic (exact) mass is 292 g/mol. The maximum Gasteiger partial charge on any atom is 0.180 e. The zero-order valence-electron chi connectivity index (χ0n) is 11.3. The van der Waals surface area contributed by atoms with E-state index in [2.05, 4.69) is 37.9 Å². The normalized spacial score (nSPS) is 24.4. The third kappa shape index (κ3) is 2.05. The summed E-state index contributed by atoms with van der Waals surface area (Å²) < 4.78 is 0. The van der Waals surface area contributed by atoms with Crippen molar-refractivity contribution < 1.29 is 0 Å². The standard InChI is InChI=1S/C15H17ClN2S/c1-8-13(18-14(17)19-8)12-11(15(12,2)3)9-5-4-6-10(16)7-9/h4-7,11-12H,1-3H3,(H2,17,18). The minimum atomic E-state index is 0.218. The van der Waals surface area contributed by atoms with Gasteiger partial charge in [-0.05, 0) is 36.0 Å². The molecule has 2 atom stereocenters. The quantitative estimate of drug-likeness (QED) is 0.879. The van der Waals surface area contributed by atoms with Crippen molar-refractivity contribution in [3.8, 4) is 0 Å². The summed E-state index contributed by atoms with van der Waals surface area (Å²) in [6.45, 7) is 6.68. The van der Waals surface area contributed by atoms with Crippen LogP contribution in [0.2, 0.25) is 5.02 Å². The molecule has 1 saturated carbocycles. The molecule has 2 nitrogen and oxygen atoms in total. The largest absolute Gasteiger partial charge is 0.375 e. The Kier molecular flexibility index (Phi) is 2.88. The minimum Gasteiger partial charge on any atom is -0.375 e.